The Balaban J connectivity index is 1.70. The molecule has 2 aliphatic rings. The summed E-state index contributed by atoms with van der Waals surface area (Å²) in [5.74, 6) is -0.753. The summed E-state index contributed by atoms with van der Waals surface area (Å²) >= 11 is 0. The van der Waals surface area contributed by atoms with Gasteiger partial charge in [-0.1, -0.05) is 12.5 Å². The number of nitrogens with zero attached hydrogens (tertiary/aromatic N) is 1. The second-order valence-corrected chi connectivity index (χ2v) is 8.15. The highest BCUT2D eigenvalue weighted by Crippen LogP contribution is 2.28. The fourth-order valence-electron chi connectivity index (χ4n) is 2.69. The average Bonchev–Trinajstić information content (AvgIpc) is 3.45. The molecule has 0 atom stereocenters. The third kappa shape index (κ3) is 3.76. The van der Waals surface area contributed by atoms with Gasteiger partial charge in [0.2, 0.25) is 15.9 Å². The summed E-state index contributed by atoms with van der Waals surface area (Å²) < 4.78 is 26.8. The van der Waals surface area contributed by atoms with Gasteiger partial charge < -0.3 is 0 Å². The topological polar surface area (TPSA) is 95.6 Å². The summed E-state index contributed by atoms with van der Waals surface area (Å²) in [6, 6.07) is 5.90. The molecular formula is C16H21N3O4S. The van der Waals surface area contributed by atoms with Crippen LogP contribution in [0.4, 0.5) is 0 Å². The van der Waals surface area contributed by atoms with Crippen molar-refractivity contribution in [2.75, 3.05) is 13.1 Å². The van der Waals surface area contributed by atoms with Crippen LogP contribution in [0.2, 0.25) is 0 Å². The Hall–Kier alpha value is -1.93. The van der Waals surface area contributed by atoms with Crippen LogP contribution >= 0.6 is 0 Å². The standard InChI is InChI=1S/C16H21N3O4S/c20-15(12-7-8-12)17-18-16(21)13-5-4-6-14(11-13)24(22,23)19-9-2-1-3-10-19/h4-6,11-12H,1-3,7-10H2,(H,17,20)(H,18,21). The summed E-state index contributed by atoms with van der Waals surface area (Å²) in [6.07, 6.45) is 4.42. The molecule has 0 radical (unpaired) electrons. The second kappa shape index (κ2) is 6.90. The van der Waals surface area contributed by atoms with Crippen LogP contribution in [-0.4, -0.2) is 37.6 Å². The van der Waals surface area contributed by atoms with Crippen LogP contribution in [0.3, 0.4) is 0 Å². The van der Waals surface area contributed by atoms with Crippen LogP contribution in [0, 0.1) is 5.92 Å². The van der Waals surface area contributed by atoms with E-state index in [1.165, 1.54) is 28.6 Å². The average molecular weight is 351 g/mol. The highest BCUT2D eigenvalue weighted by atomic mass is 32.2. The summed E-state index contributed by atoms with van der Waals surface area (Å²) in [4.78, 5) is 23.8. The smallest absolute Gasteiger partial charge is 0.269 e. The lowest BCUT2D eigenvalue weighted by atomic mass is 10.2. The summed E-state index contributed by atoms with van der Waals surface area (Å²) in [6.45, 7) is 1.02. The van der Waals surface area contributed by atoms with Crippen molar-refractivity contribution in [2.24, 2.45) is 5.92 Å². The van der Waals surface area contributed by atoms with E-state index in [0.717, 1.165) is 32.1 Å². The van der Waals surface area contributed by atoms with E-state index in [-0.39, 0.29) is 22.3 Å². The molecule has 2 amide bonds. The van der Waals surface area contributed by atoms with Crippen molar-refractivity contribution >= 4 is 21.8 Å². The van der Waals surface area contributed by atoms with E-state index < -0.39 is 15.9 Å². The van der Waals surface area contributed by atoms with Crippen LogP contribution < -0.4 is 10.9 Å². The molecule has 1 aliphatic carbocycles. The van der Waals surface area contributed by atoms with Crippen molar-refractivity contribution < 1.29 is 18.0 Å². The lowest BCUT2D eigenvalue weighted by Crippen LogP contribution is -2.42. The molecule has 24 heavy (non-hydrogen) atoms. The predicted molar refractivity (Wildman–Crippen MR) is 87.4 cm³/mol. The van der Waals surface area contributed by atoms with E-state index in [4.69, 9.17) is 0 Å². The van der Waals surface area contributed by atoms with Crippen molar-refractivity contribution in [3.05, 3.63) is 29.8 Å². The number of hydrogen-bond donors (Lipinski definition) is 2. The van der Waals surface area contributed by atoms with Gasteiger partial charge in [0.05, 0.1) is 4.90 Å². The SMILES string of the molecule is O=C(NNC(=O)C1CC1)c1cccc(S(=O)(=O)N2CCCCC2)c1. The van der Waals surface area contributed by atoms with E-state index in [2.05, 4.69) is 10.9 Å². The molecule has 0 bridgehead atoms. The molecule has 0 unspecified atom stereocenters. The molecule has 7 nitrogen and oxygen atoms in total. The predicted octanol–water partition coefficient (Wildman–Crippen LogP) is 1.03. The molecule has 1 aliphatic heterocycles. The fourth-order valence-corrected chi connectivity index (χ4v) is 4.25. The maximum Gasteiger partial charge on any atom is 0.269 e. The number of carbonyl (C=O) groups is 2. The normalized spacial score (nSPS) is 18.8. The lowest BCUT2D eigenvalue weighted by Gasteiger charge is -2.26. The van der Waals surface area contributed by atoms with Crippen LogP contribution in [-0.2, 0) is 14.8 Å². The van der Waals surface area contributed by atoms with Crippen LogP contribution in [0.1, 0.15) is 42.5 Å². The number of rotatable bonds is 4. The van der Waals surface area contributed by atoms with Gasteiger partial charge in [0.15, 0.2) is 0 Å². The Morgan fingerprint density at radius 2 is 1.75 bits per heavy atom. The number of hydrogen-bond acceptors (Lipinski definition) is 4. The van der Waals surface area contributed by atoms with Crippen molar-refractivity contribution in [1.29, 1.82) is 0 Å². The van der Waals surface area contributed by atoms with Crippen LogP contribution in [0.25, 0.3) is 0 Å². The van der Waals surface area contributed by atoms with Gasteiger partial charge in [-0.3, -0.25) is 20.4 Å². The minimum absolute atomic E-state index is 0.0175. The molecule has 1 saturated carbocycles. The van der Waals surface area contributed by atoms with E-state index in [0.29, 0.717) is 13.1 Å². The van der Waals surface area contributed by atoms with Gasteiger partial charge in [-0.25, -0.2) is 8.42 Å². The molecule has 1 aromatic rings. The largest absolute Gasteiger partial charge is 0.273 e. The first kappa shape index (κ1) is 16.9. The number of benzene rings is 1. The molecule has 3 rings (SSSR count). The molecule has 0 aromatic heterocycles. The van der Waals surface area contributed by atoms with Crippen molar-refractivity contribution in [2.45, 2.75) is 37.0 Å². The number of sulfonamides is 1. The zero-order valence-corrected chi connectivity index (χ0v) is 14.1. The Morgan fingerprint density at radius 3 is 2.42 bits per heavy atom. The number of hydrazine groups is 1. The Kier molecular flexibility index (Phi) is 4.86. The van der Waals surface area contributed by atoms with E-state index in [1.807, 2.05) is 0 Å². The molecular weight excluding hydrogens is 330 g/mol. The second-order valence-electron chi connectivity index (χ2n) is 6.21. The molecule has 1 heterocycles. The zero-order valence-electron chi connectivity index (χ0n) is 13.3. The minimum Gasteiger partial charge on any atom is -0.273 e. The third-order valence-electron chi connectivity index (χ3n) is 4.30. The van der Waals surface area contributed by atoms with Gasteiger partial charge in [0.1, 0.15) is 0 Å². The Bertz CT molecular complexity index is 737. The highest BCUT2D eigenvalue weighted by Gasteiger charge is 2.30. The number of piperidine rings is 1. The maximum absolute atomic E-state index is 12.7. The molecule has 2 fully saturated rings. The summed E-state index contributed by atoms with van der Waals surface area (Å²) in [5.41, 5.74) is 4.90. The van der Waals surface area contributed by atoms with Gasteiger partial charge in [-0.05, 0) is 43.9 Å². The van der Waals surface area contributed by atoms with E-state index >= 15 is 0 Å². The van der Waals surface area contributed by atoms with Crippen molar-refractivity contribution in [3.8, 4) is 0 Å². The maximum atomic E-state index is 12.7. The van der Waals surface area contributed by atoms with Gasteiger partial charge in [0, 0.05) is 24.6 Å². The van der Waals surface area contributed by atoms with Gasteiger partial charge in [0.25, 0.3) is 5.91 Å². The molecule has 1 saturated heterocycles. The van der Waals surface area contributed by atoms with Crippen LogP contribution in [0.5, 0.6) is 0 Å². The first-order valence-electron chi connectivity index (χ1n) is 8.19. The Labute approximate surface area is 141 Å². The molecule has 1 aromatic carbocycles. The van der Waals surface area contributed by atoms with Crippen molar-refractivity contribution in [1.82, 2.24) is 15.2 Å². The van der Waals surface area contributed by atoms with Gasteiger partial charge in [-0.15, -0.1) is 0 Å². The van der Waals surface area contributed by atoms with Crippen molar-refractivity contribution in [3.63, 3.8) is 0 Å². The number of nitrogens with one attached hydrogen (secondary N) is 2. The zero-order chi connectivity index (χ0) is 17.2. The first-order chi connectivity index (χ1) is 11.5. The van der Waals surface area contributed by atoms with Crippen LogP contribution in [0.15, 0.2) is 29.2 Å². The third-order valence-corrected chi connectivity index (χ3v) is 6.19. The summed E-state index contributed by atoms with van der Waals surface area (Å²) in [5, 5.41) is 0. The van der Waals surface area contributed by atoms with E-state index in [9.17, 15) is 18.0 Å². The Morgan fingerprint density at radius 1 is 1.04 bits per heavy atom. The number of amides is 2. The quantitative estimate of drug-likeness (QED) is 0.792. The first-order valence-corrected chi connectivity index (χ1v) is 9.63. The van der Waals surface area contributed by atoms with Gasteiger partial charge in [-0.2, -0.15) is 4.31 Å². The highest BCUT2D eigenvalue weighted by molar-refractivity contribution is 7.89. The molecule has 8 heteroatoms. The molecule has 130 valence electrons. The minimum atomic E-state index is -3.59. The fraction of sp³-hybridized carbons (Fsp3) is 0.500. The lowest BCUT2D eigenvalue weighted by molar-refractivity contribution is -0.123. The number of carbonyl (C=O) groups excluding carboxylic acids is 2. The summed E-state index contributed by atoms with van der Waals surface area (Å²) in [7, 11) is -3.59. The molecule has 0 spiro atoms. The van der Waals surface area contributed by atoms with E-state index in [1.54, 1.807) is 0 Å². The van der Waals surface area contributed by atoms with Gasteiger partial charge >= 0.3 is 0 Å². The molecule has 2 N–H and O–H groups in total. The monoisotopic (exact) mass is 351 g/mol.